The second kappa shape index (κ2) is 14.7. The number of benzene rings is 2. The summed E-state index contributed by atoms with van der Waals surface area (Å²) in [5.74, 6) is -0.330. The van der Waals surface area contributed by atoms with Crippen LogP contribution in [0.4, 0.5) is 5.69 Å². The van der Waals surface area contributed by atoms with Crippen molar-refractivity contribution in [3.05, 3.63) is 111 Å². The number of pyridine rings is 2. The van der Waals surface area contributed by atoms with Gasteiger partial charge in [0.05, 0.1) is 18.3 Å². The van der Waals surface area contributed by atoms with Gasteiger partial charge < -0.3 is 4.74 Å². The maximum Gasteiger partial charge on any atom is 0.305 e. The lowest BCUT2D eigenvalue weighted by atomic mass is 10.2. The molecule has 0 saturated carbocycles. The van der Waals surface area contributed by atoms with Crippen molar-refractivity contribution < 1.29 is 26.4 Å². The molecular formula is C29H25Cl2IN4O6S2. The van der Waals surface area contributed by atoms with Crippen LogP contribution in [0.3, 0.4) is 0 Å². The number of rotatable bonds is 9. The third-order valence-corrected chi connectivity index (χ3v) is 10.4. The summed E-state index contributed by atoms with van der Waals surface area (Å²) in [5, 5.41) is 1.73. The average molecular weight is 787 g/mol. The van der Waals surface area contributed by atoms with E-state index in [1.165, 1.54) is 35.6 Å². The Morgan fingerprint density at radius 1 is 0.886 bits per heavy atom. The molecule has 5 aromatic rings. The number of hydrogen-bond acceptors (Lipinski definition) is 8. The van der Waals surface area contributed by atoms with Crippen molar-refractivity contribution in [2.24, 2.45) is 0 Å². The third kappa shape index (κ3) is 8.27. The summed E-state index contributed by atoms with van der Waals surface area (Å²) in [7, 11) is -6.21. The Morgan fingerprint density at radius 3 is 2.14 bits per heavy atom. The molecule has 0 aliphatic rings. The Balaban J connectivity index is 0.000000215. The number of aromatic nitrogens is 3. The minimum Gasteiger partial charge on any atom is -0.469 e. The van der Waals surface area contributed by atoms with E-state index in [9.17, 15) is 21.6 Å². The topological polar surface area (TPSA) is 137 Å². The number of methoxy groups -OCH3 is 1. The van der Waals surface area contributed by atoms with E-state index in [1.807, 2.05) is 22.6 Å². The van der Waals surface area contributed by atoms with Crippen LogP contribution >= 0.6 is 45.8 Å². The Hall–Kier alpha value is -3.24. The van der Waals surface area contributed by atoms with E-state index in [2.05, 4.69) is 19.4 Å². The maximum atomic E-state index is 13.1. The molecule has 0 amide bonds. The fraction of sp³-hybridized carbons (Fsp3) is 0.138. The minimum atomic E-state index is -3.88. The molecule has 5 rings (SSSR count). The lowest BCUT2D eigenvalue weighted by molar-refractivity contribution is -0.140. The number of nitrogens with zero attached hydrogens (tertiary/aromatic N) is 3. The first kappa shape index (κ1) is 33.6. The molecule has 10 nitrogen and oxygen atoms in total. The van der Waals surface area contributed by atoms with E-state index in [-0.39, 0.29) is 22.4 Å². The van der Waals surface area contributed by atoms with Crippen LogP contribution in [0.25, 0.3) is 10.9 Å². The molecular weight excluding hydrogens is 762 g/mol. The van der Waals surface area contributed by atoms with E-state index in [0.29, 0.717) is 45.2 Å². The molecule has 44 heavy (non-hydrogen) atoms. The van der Waals surface area contributed by atoms with Crippen LogP contribution in [0.2, 0.25) is 10.0 Å². The zero-order chi connectivity index (χ0) is 31.9. The molecule has 0 radical (unpaired) electrons. The SMILES string of the molecule is COC(=O)CCCc1cc2cc(Cl)ccc2n1S(=O)(=O)c1ccccn1.O=S(=O)(Nc1ccc(Cl)cc1I)c1ccccn1. The van der Waals surface area contributed by atoms with Gasteiger partial charge in [-0.2, -0.15) is 16.8 Å². The zero-order valence-electron chi connectivity index (χ0n) is 23.0. The van der Waals surface area contributed by atoms with Crippen LogP contribution in [0.1, 0.15) is 18.5 Å². The predicted octanol–water partition coefficient (Wildman–Crippen LogP) is 6.56. The highest BCUT2D eigenvalue weighted by Crippen LogP contribution is 2.28. The molecule has 0 spiro atoms. The molecule has 0 aliphatic heterocycles. The van der Waals surface area contributed by atoms with Gasteiger partial charge in [0.15, 0.2) is 10.1 Å². The van der Waals surface area contributed by atoms with Crippen LogP contribution in [0, 0.1) is 3.57 Å². The van der Waals surface area contributed by atoms with Gasteiger partial charge in [-0.05, 0) is 102 Å². The fourth-order valence-corrected chi connectivity index (χ4v) is 7.97. The third-order valence-electron chi connectivity index (χ3n) is 6.06. The molecule has 2 aromatic carbocycles. The van der Waals surface area contributed by atoms with Crippen molar-refractivity contribution in [1.29, 1.82) is 0 Å². The summed E-state index contributed by atoms with van der Waals surface area (Å²) in [5.41, 5.74) is 1.57. The van der Waals surface area contributed by atoms with Crippen molar-refractivity contribution in [2.75, 3.05) is 11.8 Å². The van der Waals surface area contributed by atoms with Crippen molar-refractivity contribution in [3.63, 3.8) is 0 Å². The van der Waals surface area contributed by atoms with Gasteiger partial charge in [-0.1, -0.05) is 35.3 Å². The van der Waals surface area contributed by atoms with E-state index in [1.54, 1.807) is 66.7 Å². The minimum absolute atomic E-state index is 0.0178. The number of fused-ring (bicyclic) bond motifs is 1. The first-order chi connectivity index (χ1) is 20.9. The molecule has 0 unspecified atom stereocenters. The summed E-state index contributed by atoms with van der Waals surface area (Å²) in [4.78, 5) is 19.1. The number of carbonyl (C=O) groups excluding carboxylic acids is 1. The number of aryl methyl sites for hydroxylation is 1. The zero-order valence-corrected chi connectivity index (χ0v) is 28.3. The lowest BCUT2D eigenvalue weighted by Crippen LogP contribution is -2.17. The number of nitrogens with one attached hydrogen (secondary N) is 1. The van der Waals surface area contributed by atoms with Crippen molar-refractivity contribution in [1.82, 2.24) is 13.9 Å². The van der Waals surface area contributed by atoms with Crippen LogP contribution in [0.15, 0.2) is 101 Å². The molecule has 0 aliphatic carbocycles. The first-order valence-electron chi connectivity index (χ1n) is 12.8. The number of carbonyl (C=O) groups is 1. The van der Waals surface area contributed by atoms with E-state index < -0.39 is 20.0 Å². The number of anilines is 1. The summed E-state index contributed by atoms with van der Waals surface area (Å²) in [6.07, 6.45) is 3.94. The second-order valence-electron chi connectivity index (χ2n) is 9.10. The molecule has 1 N–H and O–H groups in total. The number of halogens is 3. The van der Waals surface area contributed by atoms with Gasteiger partial charge in [-0.25, -0.2) is 13.9 Å². The van der Waals surface area contributed by atoms with Crippen molar-refractivity contribution in [2.45, 2.75) is 29.3 Å². The Labute approximate surface area is 278 Å². The highest BCUT2D eigenvalue weighted by Gasteiger charge is 2.24. The molecule has 0 atom stereocenters. The molecule has 3 heterocycles. The Bertz CT molecular complexity index is 1990. The normalized spacial score (nSPS) is 11.5. The highest BCUT2D eigenvalue weighted by atomic mass is 127. The van der Waals surface area contributed by atoms with Crippen molar-refractivity contribution >= 4 is 88.4 Å². The standard InChI is InChI=1S/C18H17ClN2O4S.C11H8ClIN2O2S/c1-25-18(22)7-4-5-15-12-13-11-14(19)8-9-16(13)21(15)26(23,24)17-6-2-3-10-20-17;12-8-4-5-10(9(13)7-8)15-18(16,17)11-3-1-2-6-14-11/h2-3,6,8-12H,4-5,7H2,1H3;1-7,15H. The summed E-state index contributed by atoms with van der Waals surface area (Å²) >= 11 is 13.9. The summed E-state index contributed by atoms with van der Waals surface area (Å²) in [6, 6.07) is 21.2. The van der Waals surface area contributed by atoms with Crippen LogP contribution in [-0.4, -0.2) is 43.9 Å². The van der Waals surface area contributed by atoms with Crippen LogP contribution in [-0.2, 0) is 36.0 Å². The lowest BCUT2D eigenvalue weighted by Gasteiger charge is -2.11. The predicted molar refractivity (Wildman–Crippen MR) is 178 cm³/mol. The van der Waals surface area contributed by atoms with Gasteiger partial charge in [0.1, 0.15) is 0 Å². The van der Waals surface area contributed by atoms with E-state index in [4.69, 9.17) is 23.2 Å². The molecule has 0 fully saturated rings. The highest BCUT2D eigenvalue weighted by molar-refractivity contribution is 14.1. The fourth-order valence-electron chi connectivity index (χ4n) is 4.06. The smallest absolute Gasteiger partial charge is 0.305 e. The van der Waals surface area contributed by atoms with Gasteiger partial charge >= 0.3 is 5.97 Å². The van der Waals surface area contributed by atoms with E-state index in [0.717, 1.165) is 3.57 Å². The Morgan fingerprint density at radius 2 is 1.52 bits per heavy atom. The van der Waals surface area contributed by atoms with Gasteiger partial charge in [0.2, 0.25) is 0 Å². The second-order valence-corrected chi connectivity index (χ2v) is 14.5. The van der Waals surface area contributed by atoms with Crippen LogP contribution in [0.5, 0.6) is 0 Å². The number of esters is 1. The summed E-state index contributed by atoms with van der Waals surface area (Å²) in [6.45, 7) is 0. The molecule has 230 valence electrons. The molecule has 0 bridgehead atoms. The number of sulfonamides is 1. The van der Waals surface area contributed by atoms with Crippen molar-refractivity contribution in [3.8, 4) is 0 Å². The monoisotopic (exact) mass is 786 g/mol. The summed E-state index contributed by atoms with van der Waals surface area (Å²) < 4.78 is 59.5. The van der Waals surface area contributed by atoms with Gasteiger partial charge in [-0.3, -0.25) is 9.52 Å². The average Bonchev–Trinajstić information content (AvgIpc) is 3.37. The number of ether oxygens (including phenoxy) is 1. The van der Waals surface area contributed by atoms with Gasteiger partial charge in [0.25, 0.3) is 20.0 Å². The van der Waals surface area contributed by atoms with Gasteiger partial charge in [0, 0.05) is 43.5 Å². The molecule has 0 saturated heterocycles. The molecule has 3 aromatic heterocycles. The first-order valence-corrected chi connectivity index (χ1v) is 17.6. The largest absolute Gasteiger partial charge is 0.469 e. The Kier molecular flexibility index (Phi) is 11.2. The number of hydrogen-bond donors (Lipinski definition) is 1. The van der Waals surface area contributed by atoms with Crippen LogP contribution < -0.4 is 4.72 Å². The molecule has 15 heteroatoms. The quantitative estimate of drug-likeness (QED) is 0.131. The van der Waals surface area contributed by atoms with E-state index >= 15 is 0 Å². The maximum absolute atomic E-state index is 13.1. The van der Waals surface area contributed by atoms with Gasteiger partial charge in [-0.15, -0.1) is 0 Å².